The Balaban J connectivity index is 1.99. The Hall–Kier alpha value is -2.10. The highest BCUT2D eigenvalue weighted by Crippen LogP contribution is 2.35. The molecular formula is C13H8N4S2. The molecule has 0 atom stereocenters. The van der Waals surface area contributed by atoms with Crippen LogP contribution in [0.15, 0.2) is 45.8 Å². The van der Waals surface area contributed by atoms with Gasteiger partial charge in [-0.1, -0.05) is 11.8 Å². The van der Waals surface area contributed by atoms with Gasteiger partial charge in [0.2, 0.25) is 0 Å². The van der Waals surface area contributed by atoms with Gasteiger partial charge in [-0.15, -0.1) is 11.3 Å². The lowest BCUT2D eigenvalue weighted by atomic mass is 10.3. The fourth-order valence-corrected chi connectivity index (χ4v) is 3.74. The molecule has 2 N–H and O–H groups in total. The van der Waals surface area contributed by atoms with Crippen molar-refractivity contribution in [3.05, 3.63) is 42.2 Å². The zero-order valence-electron chi connectivity index (χ0n) is 9.70. The molecule has 3 rings (SSSR count). The summed E-state index contributed by atoms with van der Waals surface area (Å²) >= 11 is 3.01. The molecule has 2 aromatic heterocycles. The van der Waals surface area contributed by atoms with E-state index in [0.29, 0.717) is 5.69 Å². The number of benzene rings is 1. The number of pyridine rings is 1. The van der Waals surface area contributed by atoms with Crippen molar-refractivity contribution in [2.24, 2.45) is 0 Å². The number of nitrogen functional groups attached to an aromatic ring is 1. The van der Waals surface area contributed by atoms with E-state index in [0.717, 1.165) is 25.1 Å². The van der Waals surface area contributed by atoms with Crippen molar-refractivity contribution in [1.29, 1.82) is 5.26 Å². The summed E-state index contributed by atoms with van der Waals surface area (Å²) in [5.41, 5.74) is 7.82. The van der Waals surface area contributed by atoms with Gasteiger partial charge >= 0.3 is 0 Å². The Morgan fingerprint density at radius 1 is 1.32 bits per heavy atom. The van der Waals surface area contributed by atoms with Crippen LogP contribution in [-0.2, 0) is 0 Å². The third-order valence-corrected chi connectivity index (χ3v) is 4.59. The minimum atomic E-state index is 0.422. The van der Waals surface area contributed by atoms with Crippen LogP contribution in [0.3, 0.4) is 0 Å². The van der Waals surface area contributed by atoms with E-state index in [1.54, 1.807) is 17.5 Å². The van der Waals surface area contributed by atoms with Crippen molar-refractivity contribution in [2.45, 2.75) is 9.24 Å². The topological polar surface area (TPSA) is 75.6 Å². The van der Waals surface area contributed by atoms with Gasteiger partial charge in [0.25, 0.3) is 0 Å². The Bertz CT molecular complexity index is 789. The molecule has 0 saturated heterocycles. The van der Waals surface area contributed by atoms with Crippen LogP contribution < -0.4 is 5.73 Å². The molecule has 3 aromatic rings. The van der Waals surface area contributed by atoms with E-state index in [1.807, 2.05) is 30.3 Å². The van der Waals surface area contributed by atoms with Gasteiger partial charge in [0.15, 0.2) is 10.0 Å². The van der Waals surface area contributed by atoms with Gasteiger partial charge in [0, 0.05) is 11.9 Å². The first kappa shape index (κ1) is 12.0. The Morgan fingerprint density at radius 3 is 3.05 bits per heavy atom. The van der Waals surface area contributed by atoms with Gasteiger partial charge in [-0.25, -0.2) is 9.97 Å². The first-order chi connectivity index (χ1) is 9.26. The highest BCUT2D eigenvalue weighted by molar-refractivity contribution is 8.01. The van der Waals surface area contributed by atoms with Gasteiger partial charge in [-0.05, 0) is 30.3 Å². The summed E-state index contributed by atoms with van der Waals surface area (Å²) in [6, 6.07) is 11.4. The van der Waals surface area contributed by atoms with E-state index < -0.39 is 0 Å². The zero-order valence-corrected chi connectivity index (χ0v) is 11.3. The second kappa shape index (κ2) is 4.88. The molecule has 0 spiro atoms. The maximum absolute atomic E-state index is 9.01. The number of hydrogen-bond acceptors (Lipinski definition) is 6. The monoisotopic (exact) mass is 284 g/mol. The highest BCUT2D eigenvalue weighted by atomic mass is 32.2. The van der Waals surface area contributed by atoms with Crippen molar-refractivity contribution in [3.63, 3.8) is 0 Å². The molecule has 0 unspecified atom stereocenters. The summed E-state index contributed by atoms with van der Waals surface area (Å²) in [7, 11) is 0. The predicted molar refractivity (Wildman–Crippen MR) is 77.1 cm³/mol. The number of fused-ring (bicyclic) bond motifs is 1. The van der Waals surface area contributed by atoms with Crippen LogP contribution in [0.4, 0.5) is 5.69 Å². The average Bonchev–Trinajstić information content (AvgIpc) is 2.80. The number of nitrogens with zero attached hydrogens (tertiary/aromatic N) is 3. The molecule has 0 radical (unpaired) electrons. The van der Waals surface area contributed by atoms with E-state index in [9.17, 15) is 0 Å². The van der Waals surface area contributed by atoms with Crippen molar-refractivity contribution >= 4 is 39.0 Å². The first-order valence-electron chi connectivity index (χ1n) is 5.45. The fourth-order valence-electron chi connectivity index (χ4n) is 1.61. The Labute approximate surface area is 117 Å². The lowest BCUT2D eigenvalue weighted by Gasteiger charge is -1.97. The normalized spacial score (nSPS) is 10.5. The number of thiazole rings is 1. The second-order valence-electron chi connectivity index (χ2n) is 3.77. The maximum Gasteiger partial charge on any atom is 0.156 e. The van der Waals surface area contributed by atoms with Gasteiger partial charge in [-0.3, -0.25) is 0 Å². The van der Waals surface area contributed by atoms with E-state index >= 15 is 0 Å². The van der Waals surface area contributed by atoms with E-state index in [-0.39, 0.29) is 0 Å². The minimum absolute atomic E-state index is 0.422. The molecule has 0 saturated carbocycles. The number of aromatic nitrogens is 2. The Kier molecular flexibility index (Phi) is 3.07. The fraction of sp³-hybridized carbons (Fsp3) is 0. The molecule has 0 aliphatic carbocycles. The van der Waals surface area contributed by atoms with Crippen molar-refractivity contribution in [1.82, 2.24) is 9.97 Å². The van der Waals surface area contributed by atoms with Crippen LogP contribution >= 0.6 is 23.1 Å². The van der Waals surface area contributed by atoms with Crippen LogP contribution in [0.2, 0.25) is 0 Å². The van der Waals surface area contributed by atoms with Crippen LogP contribution in [0.25, 0.3) is 10.2 Å². The summed E-state index contributed by atoms with van der Waals surface area (Å²) in [5, 5.41) is 9.01. The summed E-state index contributed by atoms with van der Waals surface area (Å²) in [4.78, 5) is 9.37. The van der Waals surface area contributed by atoms with Crippen LogP contribution in [-0.4, -0.2) is 9.97 Å². The van der Waals surface area contributed by atoms with E-state index in [2.05, 4.69) is 16.0 Å². The van der Waals surface area contributed by atoms with Crippen LogP contribution in [0.1, 0.15) is 5.69 Å². The molecule has 0 fully saturated rings. The molecule has 0 aliphatic heterocycles. The quantitative estimate of drug-likeness (QED) is 0.731. The maximum atomic E-state index is 9.01. The summed E-state index contributed by atoms with van der Waals surface area (Å²) in [6.07, 6.45) is 1.61. The highest BCUT2D eigenvalue weighted by Gasteiger charge is 2.09. The largest absolute Gasteiger partial charge is 0.399 e. The first-order valence-corrected chi connectivity index (χ1v) is 7.08. The summed E-state index contributed by atoms with van der Waals surface area (Å²) in [5.74, 6) is 0. The van der Waals surface area contributed by atoms with Gasteiger partial charge in [0.1, 0.15) is 6.07 Å². The van der Waals surface area contributed by atoms with Crippen LogP contribution in [0.5, 0.6) is 0 Å². The zero-order chi connectivity index (χ0) is 13.2. The van der Waals surface area contributed by atoms with Gasteiger partial charge < -0.3 is 5.73 Å². The third kappa shape index (κ3) is 2.38. The number of nitriles is 1. The smallest absolute Gasteiger partial charge is 0.156 e. The standard InChI is InChI=1S/C13H8N4S2/c14-7-10-11(2-1-5-16-10)18-13-17-9-4-3-8(15)6-12(9)19-13/h1-6H,15H2. The SMILES string of the molecule is N#Cc1ncccc1Sc1nc2ccc(N)cc2s1. The number of nitrogens with two attached hydrogens (primary N) is 1. The Morgan fingerprint density at radius 2 is 2.21 bits per heavy atom. The van der Waals surface area contributed by atoms with Crippen molar-refractivity contribution in [3.8, 4) is 6.07 Å². The molecule has 2 heterocycles. The number of rotatable bonds is 2. The molecular weight excluding hydrogens is 276 g/mol. The lowest BCUT2D eigenvalue weighted by molar-refractivity contribution is 1.17. The van der Waals surface area contributed by atoms with Crippen molar-refractivity contribution in [2.75, 3.05) is 5.73 Å². The molecule has 6 heteroatoms. The number of hydrogen-bond donors (Lipinski definition) is 1. The summed E-state index contributed by atoms with van der Waals surface area (Å²) < 4.78 is 1.93. The van der Waals surface area contributed by atoms with E-state index in [1.165, 1.54) is 11.8 Å². The average molecular weight is 284 g/mol. The molecule has 1 aromatic carbocycles. The van der Waals surface area contributed by atoms with Crippen molar-refractivity contribution < 1.29 is 0 Å². The molecule has 0 aliphatic rings. The lowest BCUT2D eigenvalue weighted by Crippen LogP contribution is -1.84. The number of anilines is 1. The summed E-state index contributed by atoms with van der Waals surface area (Å²) in [6.45, 7) is 0. The van der Waals surface area contributed by atoms with Gasteiger partial charge in [0.05, 0.1) is 15.1 Å². The minimum Gasteiger partial charge on any atom is -0.399 e. The van der Waals surface area contributed by atoms with Gasteiger partial charge in [-0.2, -0.15) is 5.26 Å². The van der Waals surface area contributed by atoms with Crippen LogP contribution in [0, 0.1) is 11.3 Å². The molecule has 0 bridgehead atoms. The molecule has 19 heavy (non-hydrogen) atoms. The van der Waals surface area contributed by atoms with E-state index in [4.69, 9.17) is 11.0 Å². The third-order valence-electron chi connectivity index (χ3n) is 2.47. The molecule has 92 valence electrons. The molecule has 4 nitrogen and oxygen atoms in total. The second-order valence-corrected chi connectivity index (χ2v) is 6.09. The predicted octanol–water partition coefficient (Wildman–Crippen LogP) is 3.30. The molecule has 0 amide bonds.